The van der Waals surface area contributed by atoms with Crippen LogP contribution in [0.1, 0.15) is 11.1 Å². The summed E-state index contributed by atoms with van der Waals surface area (Å²) < 4.78 is 0. The fraction of sp³-hybridized carbons (Fsp3) is 0.0625. The predicted octanol–water partition coefficient (Wildman–Crippen LogP) is 2.24. The van der Waals surface area contributed by atoms with Gasteiger partial charge < -0.3 is 11.5 Å². The van der Waals surface area contributed by atoms with E-state index in [1.54, 1.807) is 24.3 Å². The molecule has 0 saturated carbocycles. The normalized spacial score (nSPS) is 8.70. The van der Waals surface area contributed by atoms with Crippen LogP contribution in [0.25, 0.3) is 0 Å². The molecule has 0 aliphatic carbocycles. The van der Waals surface area contributed by atoms with Crippen LogP contribution in [-0.4, -0.2) is 18.2 Å². The standard InChI is InChI=1S/C15H10N2O2.CH4N2O/c18-10-16-14-7-3-1-5-12(14)9-13-6-2-4-8-15(13)17-11-19;2-1(3)4/h1-8H,9H2;(H4,2,3,4). The first-order chi connectivity index (χ1) is 11.1. The molecule has 23 heavy (non-hydrogen) atoms. The highest BCUT2D eigenvalue weighted by atomic mass is 16.2. The number of benzene rings is 2. The summed E-state index contributed by atoms with van der Waals surface area (Å²) in [5.41, 5.74) is 11.4. The maximum absolute atomic E-state index is 10.4. The van der Waals surface area contributed by atoms with E-state index in [0.717, 1.165) is 11.1 Å². The molecule has 0 bridgehead atoms. The number of isocyanates is 2. The van der Waals surface area contributed by atoms with E-state index in [1.807, 2.05) is 24.3 Å². The highest BCUT2D eigenvalue weighted by Gasteiger charge is 2.05. The molecule has 2 aromatic carbocycles. The quantitative estimate of drug-likeness (QED) is 0.663. The Labute approximate surface area is 132 Å². The van der Waals surface area contributed by atoms with E-state index in [0.29, 0.717) is 17.8 Å². The lowest BCUT2D eigenvalue weighted by molar-refractivity contribution is 0.256. The summed E-state index contributed by atoms with van der Waals surface area (Å²) in [6, 6.07) is 13.7. The first kappa shape index (κ1) is 17.5. The van der Waals surface area contributed by atoms with Crippen LogP contribution in [0.4, 0.5) is 16.2 Å². The van der Waals surface area contributed by atoms with Crippen molar-refractivity contribution in [2.75, 3.05) is 0 Å². The molecule has 4 N–H and O–H groups in total. The van der Waals surface area contributed by atoms with E-state index in [9.17, 15) is 9.59 Å². The molecule has 0 heterocycles. The zero-order valence-corrected chi connectivity index (χ0v) is 12.1. The van der Waals surface area contributed by atoms with Gasteiger partial charge in [0.05, 0.1) is 11.4 Å². The minimum atomic E-state index is -0.833. The molecule has 0 atom stereocenters. The molecule has 0 fully saturated rings. The SMILES string of the molecule is NC(N)=O.O=C=Nc1ccccc1Cc1ccccc1N=C=O. The van der Waals surface area contributed by atoms with E-state index in [2.05, 4.69) is 21.5 Å². The van der Waals surface area contributed by atoms with E-state index < -0.39 is 6.03 Å². The van der Waals surface area contributed by atoms with Gasteiger partial charge in [-0.1, -0.05) is 36.4 Å². The van der Waals surface area contributed by atoms with E-state index in [1.165, 1.54) is 12.2 Å². The number of amides is 2. The Morgan fingerprint density at radius 1 is 0.826 bits per heavy atom. The topological polar surface area (TPSA) is 128 Å². The first-order valence-corrected chi connectivity index (χ1v) is 6.45. The summed E-state index contributed by atoms with van der Waals surface area (Å²) in [5.74, 6) is 0. The molecule has 7 nitrogen and oxygen atoms in total. The maximum Gasteiger partial charge on any atom is 0.309 e. The second kappa shape index (κ2) is 9.41. The van der Waals surface area contributed by atoms with Crippen molar-refractivity contribution in [1.82, 2.24) is 0 Å². The van der Waals surface area contributed by atoms with Crippen molar-refractivity contribution in [2.45, 2.75) is 6.42 Å². The molecule has 0 aliphatic heterocycles. The van der Waals surface area contributed by atoms with Gasteiger partial charge >= 0.3 is 6.03 Å². The summed E-state index contributed by atoms with van der Waals surface area (Å²) >= 11 is 0. The summed E-state index contributed by atoms with van der Waals surface area (Å²) in [7, 11) is 0. The van der Waals surface area contributed by atoms with Crippen LogP contribution in [0.3, 0.4) is 0 Å². The minimum Gasteiger partial charge on any atom is -0.352 e. The van der Waals surface area contributed by atoms with Crippen molar-refractivity contribution in [3.8, 4) is 0 Å². The van der Waals surface area contributed by atoms with E-state index in [4.69, 9.17) is 4.79 Å². The van der Waals surface area contributed by atoms with Gasteiger partial charge in [-0.3, -0.25) is 0 Å². The van der Waals surface area contributed by atoms with Gasteiger partial charge in [0.15, 0.2) is 0 Å². The number of rotatable bonds is 4. The average Bonchev–Trinajstić information content (AvgIpc) is 2.51. The fourth-order valence-corrected chi connectivity index (χ4v) is 1.84. The number of carbonyl (C=O) groups excluding carboxylic acids is 3. The Hall–Kier alpha value is -3.53. The summed E-state index contributed by atoms with van der Waals surface area (Å²) in [6.07, 6.45) is 3.61. The Kier molecular flexibility index (Phi) is 7.17. The molecule has 0 spiro atoms. The third-order valence-corrected chi connectivity index (χ3v) is 2.70. The Bertz CT molecular complexity index is 713. The van der Waals surface area contributed by atoms with Crippen LogP contribution in [0.2, 0.25) is 0 Å². The molecule has 0 radical (unpaired) electrons. The molecule has 0 aliphatic rings. The van der Waals surface area contributed by atoms with Crippen molar-refractivity contribution in [3.63, 3.8) is 0 Å². The lowest BCUT2D eigenvalue weighted by Crippen LogP contribution is -2.18. The number of para-hydroxylation sites is 2. The average molecular weight is 310 g/mol. The number of urea groups is 1. The van der Waals surface area contributed by atoms with Crippen molar-refractivity contribution < 1.29 is 14.4 Å². The fourth-order valence-electron chi connectivity index (χ4n) is 1.84. The van der Waals surface area contributed by atoms with Gasteiger partial charge in [-0.25, -0.2) is 14.4 Å². The maximum atomic E-state index is 10.4. The number of aliphatic imine (C=N–C) groups is 2. The van der Waals surface area contributed by atoms with Gasteiger partial charge in [-0.15, -0.1) is 0 Å². The summed E-state index contributed by atoms with van der Waals surface area (Å²) in [5, 5.41) is 0. The largest absolute Gasteiger partial charge is 0.352 e. The highest BCUT2D eigenvalue weighted by Crippen LogP contribution is 2.26. The number of nitrogens with zero attached hydrogens (tertiary/aromatic N) is 2. The van der Waals surface area contributed by atoms with Crippen molar-refractivity contribution in [2.24, 2.45) is 21.5 Å². The third kappa shape index (κ3) is 6.18. The number of hydrogen-bond donors (Lipinski definition) is 2. The number of primary amides is 2. The Morgan fingerprint density at radius 2 is 1.17 bits per heavy atom. The molecule has 0 saturated heterocycles. The molecule has 2 aromatic rings. The van der Waals surface area contributed by atoms with Gasteiger partial charge in [-0.2, -0.15) is 9.98 Å². The zero-order chi connectivity index (χ0) is 17.1. The number of carbonyl (C=O) groups is 1. The van der Waals surface area contributed by atoms with Gasteiger partial charge in [0.1, 0.15) is 0 Å². The molecule has 7 heteroatoms. The smallest absolute Gasteiger partial charge is 0.309 e. The molecular formula is C16H14N4O3. The van der Waals surface area contributed by atoms with Gasteiger partial charge in [-0.05, 0) is 23.3 Å². The molecular weight excluding hydrogens is 296 g/mol. The molecule has 2 rings (SSSR count). The highest BCUT2D eigenvalue weighted by molar-refractivity contribution is 5.69. The van der Waals surface area contributed by atoms with Crippen LogP contribution in [-0.2, 0) is 16.0 Å². The molecule has 0 aromatic heterocycles. The third-order valence-electron chi connectivity index (χ3n) is 2.70. The van der Waals surface area contributed by atoms with Crippen molar-refractivity contribution >= 4 is 29.6 Å². The van der Waals surface area contributed by atoms with E-state index in [-0.39, 0.29) is 0 Å². The van der Waals surface area contributed by atoms with Crippen LogP contribution >= 0.6 is 0 Å². The molecule has 0 unspecified atom stereocenters. The summed E-state index contributed by atoms with van der Waals surface area (Å²) in [6.45, 7) is 0. The minimum absolute atomic E-state index is 0.530. The van der Waals surface area contributed by atoms with Crippen molar-refractivity contribution in [1.29, 1.82) is 0 Å². The van der Waals surface area contributed by atoms with Crippen LogP contribution in [0.5, 0.6) is 0 Å². The van der Waals surface area contributed by atoms with Crippen LogP contribution in [0, 0.1) is 0 Å². The van der Waals surface area contributed by atoms with Gasteiger partial charge in [0, 0.05) is 6.42 Å². The van der Waals surface area contributed by atoms with Crippen LogP contribution < -0.4 is 11.5 Å². The Balaban J connectivity index is 0.000000593. The van der Waals surface area contributed by atoms with E-state index >= 15 is 0 Å². The lowest BCUT2D eigenvalue weighted by Gasteiger charge is -2.06. The molecule has 2 amide bonds. The molecule has 116 valence electrons. The lowest BCUT2D eigenvalue weighted by atomic mass is 10.0. The number of nitrogens with two attached hydrogens (primary N) is 2. The van der Waals surface area contributed by atoms with Crippen molar-refractivity contribution in [3.05, 3.63) is 59.7 Å². The second-order valence-corrected chi connectivity index (χ2v) is 4.24. The zero-order valence-electron chi connectivity index (χ0n) is 12.1. The van der Waals surface area contributed by atoms with Gasteiger partial charge in [0.25, 0.3) is 0 Å². The summed E-state index contributed by atoms with van der Waals surface area (Å²) in [4.78, 5) is 37.1. The number of hydrogen-bond acceptors (Lipinski definition) is 5. The Morgan fingerprint density at radius 3 is 1.52 bits per heavy atom. The van der Waals surface area contributed by atoms with Crippen LogP contribution in [0.15, 0.2) is 58.5 Å². The predicted molar refractivity (Wildman–Crippen MR) is 85.0 cm³/mol. The van der Waals surface area contributed by atoms with Gasteiger partial charge in [0.2, 0.25) is 12.2 Å². The second-order valence-electron chi connectivity index (χ2n) is 4.24. The first-order valence-electron chi connectivity index (χ1n) is 6.45. The monoisotopic (exact) mass is 310 g/mol.